The van der Waals surface area contributed by atoms with E-state index in [-0.39, 0.29) is 11.9 Å². The summed E-state index contributed by atoms with van der Waals surface area (Å²) in [6.07, 6.45) is 0. The first kappa shape index (κ1) is 15.3. The third kappa shape index (κ3) is 3.72. The highest BCUT2D eigenvalue weighted by atomic mass is 32.1. The maximum Gasteiger partial charge on any atom is 0.263 e. The minimum Gasteiger partial charge on any atom is -0.494 e. The summed E-state index contributed by atoms with van der Waals surface area (Å²) in [5.74, 6) is 0.675. The van der Waals surface area contributed by atoms with E-state index < -0.39 is 0 Å². The molecule has 0 spiro atoms. The van der Waals surface area contributed by atoms with Gasteiger partial charge in [0.15, 0.2) is 5.13 Å². The van der Waals surface area contributed by atoms with E-state index in [2.05, 4.69) is 10.3 Å². The van der Waals surface area contributed by atoms with Gasteiger partial charge in [-0.3, -0.25) is 4.79 Å². The molecule has 0 aliphatic heterocycles. The SMILES string of the molecule is CCOc1ccc(C(C)NC(=O)c2sc(N)nc2C)cc1. The summed E-state index contributed by atoms with van der Waals surface area (Å²) in [6.45, 7) is 6.30. The third-order valence-electron chi connectivity index (χ3n) is 3.06. The van der Waals surface area contributed by atoms with E-state index >= 15 is 0 Å². The molecular weight excluding hydrogens is 286 g/mol. The van der Waals surface area contributed by atoms with Crippen molar-refractivity contribution in [2.75, 3.05) is 12.3 Å². The van der Waals surface area contributed by atoms with Crippen molar-refractivity contribution in [3.63, 3.8) is 0 Å². The number of nitrogens with one attached hydrogen (secondary N) is 1. The van der Waals surface area contributed by atoms with E-state index in [0.717, 1.165) is 11.3 Å². The summed E-state index contributed by atoms with van der Waals surface area (Å²) in [6, 6.07) is 7.60. The highest BCUT2D eigenvalue weighted by Crippen LogP contribution is 2.22. The Hall–Kier alpha value is -2.08. The Morgan fingerprint density at radius 2 is 2.10 bits per heavy atom. The van der Waals surface area contributed by atoms with Crippen molar-refractivity contribution in [2.24, 2.45) is 0 Å². The molecule has 21 heavy (non-hydrogen) atoms. The number of amides is 1. The second-order valence-electron chi connectivity index (χ2n) is 4.66. The zero-order valence-electron chi connectivity index (χ0n) is 12.3. The Kier molecular flexibility index (Phi) is 4.80. The number of benzene rings is 1. The Morgan fingerprint density at radius 1 is 1.43 bits per heavy atom. The lowest BCUT2D eigenvalue weighted by atomic mass is 10.1. The minimum atomic E-state index is -0.150. The van der Waals surface area contributed by atoms with Gasteiger partial charge in [0.25, 0.3) is 5.91 Å². The topological polar surface area (TPSA) is 77.2 Å². The molecule has 1 heterocycles. The molecule has 1 amide bonds. The molecular formula is C15H19N3O2S. The van der Waals surface area contributed by atoms with Crippen molar-refractivity contribution in [1.82, 2.24) is 10.3 Å². The zero-order valence-corrected chi connectivity index (χ0v) is 13.2. The molecule has 1 aromatic heterocycles. The van der Waals surface area contributed by atoms with E-state index in [1.807, 2.05) is 38.1 Å². The Bertz CT molecular complexity index is 622. The van der Waals surface area contributed by atoms with Gasteiger partial charge in [-0.2, -0.15) is 0 Å². The number of carbonyl (C=O) groups excluding carboxylic acids is 1. The maximum atomic E-state index is 12.2. The van der Waals surface area contributed by atoms with Crippen molar-refractivity contribution in [3.8, 4) is 5.75 Å². The second-order valence-corrected chi connectivity index (χ2v) is 5.69. The molecule has 0 bridgehead atoms. The van der Waals surface area contributed by atoms with Crippen LogP contribution in [0.2, 0.25) is 0 Å². The number of ether oxygens (including phenoxy) is 1. The molecule has 1 unspecified atom stereocenters. The van der Waals surface area contributed by atoms with Crippen LogP contribution in [0.15, 0.2) is 24.3 Å². The van der Waals surface area contributed by atoms with Crippen molar-refractivity contribution in [3.05, 3.63) is 40.4 Å². The number of nitrogens with zero attached hydrogens (tertiary/aromatic N) is 1. The minimum absolute atomic E-state index is 0.101. The predicted molar refractivity (Wildman–Crippen MR) is 84.8 cm³/mol. The van der Waals surface area contributed by atoms with Crippen LogP contribution in [0, 0.1) is 6.92 Å². The van der Waals surface area contributed by atoms with Gasteiger partial charge in [0.1, 0.15) is 10.6 Å². The number of thiazole rings is 1. The molecule has 112 valence electrons. The van der Waals surface area contributed by atoms with Crippen LogP contribution in [0.25, 0.3) is 0 Å². The van der Waals surface area contributed by atoms with Gasteiger partial charge in [-0.25, -0.2) is 4.98 Å². The lowest BCUT2D eigenvalue weighted by molar-refractivity contribution is 0.0943. The molecule has 1 atom stereocenters. The van der Waals surface area contributed by atoms with E-state index in [1.165, 1.54) is 11.3 Å². The fourth-order valence-corrected chi connectivity index (χ4v) is 2.73. The molecule has 2 aromatic rings. The van der Waals surface area contributed by atoms with Gasteiger partial charge < -0.3 is 15.8 Å². The van der Waals surface area contributed by atoms with E-state index in [0.29, 0.717) is 22.3 Å². The highest BCUT2D eigenvalue weighted by molar-refractivity contribution is 7.17. The van der Waals surface area contributed by atoms with Crippen LogP contribution in [0.4, 0.5) is 5.13 Å². The van der Waals surface area contributed by atoms with Crippen LogP contribution in [-0.2, 0) is 0 Å². The number of rotatable bonds is 5. The van der Waals surface area contributed by atoms with Crippen LogP contribution in [0.5, 0.6) is 5.75 Å². The Morgan fingerprint density at radius 3 is 2.62 bits per heavy atom. The van der Waals surface area contributed by atoms with Crippen LogP contribution in [-0.4, -0.2) is 17.5 Å². The Balaban J connectivity index is 2.05. The molecule has 0 aliphatic rings. The lowest BCUT2D eigenvalue weighted by Gasteiger charge is -2.14. The van der Waals surface area contributed by atoms with Gasteiger partial charge in [-0.1, -0.05) is 23.5 Å². The van der Waals surface area contributed by atoms with Gasteiger partial charge >= 0.3 is 0 Å². The first-order valence-electron chi connectivity index (χ1n) is 6.77. The average Bonchev–Trinajstić information content (AvgIpc) is 2.79. The molecule has 6 heteroatoms. The molecule has 0 aliphatic carbocycles. The number of hydrogen-bond donors (Lipinski definition) is 2. The summed E-state index contributed by atoms with van der Waals surface area (Å²) in [5.41, 5.74) is 7.29. The Labute approximate surface area is 128 Å². The molecule has 3 N–H and O–H groups in total. The number of hydrogen-bond acceptors (Lipinski definition) is 5. The number of anilines is 1. The van der Waals surface area contributed by atoms with Crippen molar-refractivity contribution < 1.29 is 9.53 Å². The number of carbonyl (C=O) groups is 1. The highest BCUT2D eigenvalue weighted by Gasteiger charge is 2.17. The summed E-state index contributed by atoms with van der Waals surface area (Å²) < 4.78 is 5.40. The average molecular weight is 305 g/mol. The molecule has 0 radical (unpaired) electrons. The fourth-order valence-electron chi connectivity index (χ4n) is 1.99. The van der Waals surface area contributed by atoms with E-state index in [1.54, 1.807) is 6.92 Å². The van der Waals surface area contributed by atoms with Crippen molar-refractivity contribution in [2.45, 2.75) is 26.8 Å². The van der Waals surface area contributed by atoms with Crippen LogP contribution in [0.3, 0.4) is 0 Å². The number of nitrogen functional groups attached to an aromatic ring is 1. The smallest absolute Gasteiger partial charge is 0.263 e. The van der Waals surface area contributed by atoms with E-state index in [9.17, 15) is 4.79 Å². The first-order chi connectivity index (χ1) is 10.0. The summed E-state index contributed by atoms with van der Waals surface area (Å²) in [7, 11) is 0. The maximum absolute atomic E-state index is 12.2. The lowest BCUT2D eigenvalue weighted by Crippen LogP contribution is -2.26. The van der Waals surface area contributed by atoms with Crippen LogP contribution in [0.1, 0.15) is 40.8 Å². The van der Waals surface area contributed by atoms with Gasteiger partial charge in [0, 0.05) is 0 Å². The van der Waals surface area contributed by atoms with Gasteiger partial charge in [-0.05, 0) is 38.5 Å². The normalized spacial score (nSPS) is 12.0. The molecule has 0 fully saturated rings. The summed E-state index contributed by atoms with van der Waals surface area (Å²) in [5, 5.41) is 3.36. The predicted octanol–water partition coefficient (Wildman–Crippen LogP) is 2.92. The van der Waals surface area contributed by atoms with E-state index in [4.69, 9.17) is 10.5 Å². The van der Waals surface area contributed by atoms with Gasteiger partial charge in [0.05, 0.1) is 18.3 Å². The summed E-state index contributed by atoms with van der Waals surface area (Å²) >= 11 is 1.20. The van der Waals surface area contributed by atoms with Gasteiger partial charge in [0.2, 0.25) is 0 Å². The molecule has 1 aromatic carbocycles. The van der Waals surface area contributed by atoms with Crippen LogP contribution < -0.4 is 15.8 Å². The van der Waals surface area contributed by atoms with Crippen molar-refractivity contribution in [1.29, 1.82) is 0 Å². The zero-order chi connectivity index (χ0) is 15.4. The molecule has 0 saturated heterocycles. The largest absolute Gasteiger partial charge is 0.494 e. The molecule has 5 nitrogen and oxygen atoms in total. The second kappa shape index (κ2) is 6.58. The fraction of sp³-hybridized carbons (Fsp3) is 0.333. The quantitative estimate of drug-likeness (QED) is 0.890. The number of aromatic nitrogens is 1. The molecule has 0 saturated carbocycles. The first-order valence-corrected chi connectivity index (χ1v) is 7.59. The third-order valence-corrected chi connectivity index (χ3v) is 4.04. The van der Waals surface area contributed by atoms with Crippen LogP contribution >= 0.6 is 11.3 Å². The summed E-state index contributed by atoms with van der Waals surface area (Å²) in [4.78, 5) is 16.8. The standard InChI is InChI=1S/C15H19N3O2S/c1-4-20-12-7-5-11(6-8-12)9(2)17-14(19)13-10(3)18-15(16)21-13/h5-9H,4H2,1-3H3,(H2,16,18)(H,17,19). The number of nitrogens with two attached hydrogens (primary N) is 1. The monoisotopic (exact) mass is 305 g/mol. The molecule has 2 rings (SSSR count). The number of aryl methyl sites for hydroxylation is 1. The van der Waals surface area contributed by atoms with Gasteiger partial charge in [-0.15, -0.1) is 0 Å². The van der Waals surface area contributed by atoms with Crippen molar-refractivity contribution >= 4 is 22.4 Å².